The third kappa shape index (κ3) is 2.27. The van der Waals surface area contributed by atoms with Gasteiger partial charge in [0, 0.05) is 18.3 Å². The zero-order valence-electron chi connectivity index (χ0n) is 9.59. The zero-order valence-corrected chi connectivity index (χ0v) is 9.59. The molecule has 0 saturated carbocycles. The molecule has 1 N–H and O–H groups in total. The summed E-state index contributed by atoms with van der Waals surface area (Å²) in [7, 11) is 0. The summed E-state index contributed by atoms with van der Waals surface area (Å²) in [5, 5.41) is 9.06. The Morgan fingerprint density at radius 3 is 2.76 bits per heavy atom. The van der Waals surface area contributed by atoms with E-state index in [1.54, 1.807) is 17.0 Å². The first-order valence-corrected chi connectivity index (χ1v) is 5.56. The van der Waals surface area contributed by atoms with Crippen LogP contribution >= 0.6 is 0 Å². The topological polar surface area (TPSA) is 70.5 Å². The summed E-state index contributed by atoms with van der Waals surface area (Å²) in [4.78, 5) is 28.1. The van der Waals surface area contributed by atoms with Gasteiger partial charge >= 0.3 is 5.97 Å². The molecule has 5 nitrogen and oxygen atoms in total. The number of hydrogen-bond acceptors (Lipinski definition) is 4. The molecule has 0 bridgehead atoms. The van der Waals surface area contributed by atoms with E-state index < -0.39 is 12.0 Å². The Bertz CT molecular complexity index is 442. The molecular weight excluding hydrogens is 220 g/mol. The van der Waals surface area contributed by atoms with Gasteiger partial charge in [0.1, 0.15) is 11.9 Å². The molecule has 0 amide bonds. The average Bonchev–Trinajstić information content (AvgIpc) is 2.78. The van der Waals surface area contributed by atoms with Crippen LogP contribution in [0.3, 0.4) is 0 Å². The van der Waals surface area contributed by atoms with Crippen LogP contribution in [0.1, 0.15) is 30.1 Å². The predicted molar refractivity (Wildman–Crippen MR) is 62.2 cm³/mol. The first-order chi connectivity index (χ1) is 8.09. The van der Waals surface area contributed by atoms with Gasteiger partial charge in [0.15, 0.2) is 5.78 Å². The van der Waals surface area contributed by atoms with Crippen molar-refractivity contribution in [1.82, 2.24) is 4.98 Å². The van der Waals surface area contributed by atoms with Gasteiger partial charge in [-0.15, -0.1) is 0 Å². The van der Waals surface area contributed by atoms with Gasteiger partial charge in [-0.25, -0.2) is 9.78 Å². The van der Waals surface area contributed by atoms with Crippen LogP contribution in [0.4, 0.5) is 5.82 Å². The highest BCUT2D eigenvalue weighted by atomic mass is 16.4. The first-order valence-electron chi connectivity index (χ1n) is 5.56. The first kappa shape index (κ1) is 11.6. The summed E-state index contributed by atoms with van der Waals surface area (Å²) in [6.45, 7) is 2.18. The summed E-state index contributed by atoms with van der Waals surface area (Å²) < 4.78 is 0. The molecule has 0 spiro atoms. The number of carboxylic acid groups (broad SMARTS) is 1. The van der Waals surface area contributed by atoms with E-state index in [1.807, 2.05) is 0 Å². The maximum atomic E-state index is 11.1. The number of carbonyl (C=O) groups is 2. The number of anilines is 1. The van der Waals surface area contributed by atoms with Gasteiger partial charge in [-0.1, -0.05) is 0 Å². The van der Waals surface area contributed by atoms with Gasteiger partial charge in [0.25, 0.3) is 0 Å². The summed E-state index contributed by atoms with van der Waals surface area (Å²) in [5.74, 6) is -0.236. The van der Waals surface area contributed by atoms with Crippen LogP contribution in [-0.4, -0.2) is 34.4 Å². The largest absolute Gasteiger partial charge is 0.480 e. The van der Waals surface area contributed by atoms with E-state index in [0.29, 0.717) is 24.3 Å². The molecule has 1 aliphatic rings. The quantitative estimate of drug-likeness (QED) is 0.799. The molecule has 1 fully saturated rings. The Kier molecular flexibility index (Phi) is 3.08. The van der Waals surface area contributed by atoms with Crippen LogP contribution in [0.15, 0.2) is 18.3 Å². The van der Waals surface area contributed by atoms with Gasteiger partial charge in [0.05, 0.1) is 0 Å². The molecule has 0 radical (unpaired) electrons. The molecular formula is C12H14N2O3. The molecule has 1 atom stereocenters. The lowest BCUT2D eigenvalue weighted by molar-refractivity contribution is -0.138. The number of aliphatic carboxylic acids is 1. The van der Waals surface area contributed by atoms with E-state index in [4.69, 9.17) is 5.11 Å². The molecule has 0 aromatic carbocycles. The average molecular weight is 234 g/mol. The normalized spacial score (nSPS) is 19.4. The minimum absolute atomic E-state index is 0.0414. The highest BCUT2D eigenvalue weighted by molar-refractivity contribution is 5.93. The third-order valence-corrected chi connectivity index (χ3v) is 2.99. The summed E-state index contributed by atoms with van der Waals surface area (Å²) in [6.07, 6.45) is 2.99. The van der Waals surface area contributed by atoms with E-state index in [-0.39, 0.29) is 5.78 Å². The van der Waals surface area contributed by atoms with Crippen molar-refractivity contribution >= 4 is 17.6 Å². The second kappa shape index (κ2) is 4.53. The monoisotopic (exact) mass is 234 g/mol. The van der Waals surface area contributed by atoms with Crippen molar-refractivity contribution in [3.63, 3.8) is 0 Å². The number of pyridine rings is 1. The highest BCUT2D eigenvalue weighted by Crippen LogP contribution is 2.23. The molecule has 5 heteroatoms. The number of hydrogen-bond donors (Lipinski definition) is 1. The van der Waals surface area contributed by atoms with Crippen LogP contribution in [0.5, 0.6) is 0 Å². The van der Waals surface area contributed by atoms with Crippen molar-refractivity contribution < 1.29 is 14.7 Å². The lowest BCUT2D eigenvalue weighted by Crippen LogP contribution is -2.36. The molecule has 17 heavy (non-hydrogen) atoms. The van der Waals surface area contributed by atoms with E-state index in [0.717, 1.165) is 6.42 Å². The van der Waals surface area contributed by atoms with Crippen molar-refractivity contribution in [2.45, 2.75) is 25.8 Å². The Morgan fingerprint density at radius 1 is 1.47 bits per heavy atom. The number of aromatic nitrogens is 1. The maximum Gasteiger partial charge on any atom is 0.326 e. The van der Waals surface area contributed by atoms with Gasteiger partial charge in [-0.05, 0) is 31.9 Å². The zero-order chi connectivity index (χ0) is 12.4. The SMILES string of the molecule is CC(=O)c1ccc(N2CCCC2C(=O)O)nc1. The second-order valence-electron chi connectivity index (χ2n) is 4.15. The molecule has 2 heterocycles. The minimum Gasteiger partial charge on any atom is -0.480 e. The molecule has 1 aromatic rings. The smallest absolute Gasteiger partial charge is 0.326 e. The van der Waals surface area contributed by atoms with E-state index in [9.17, 15) is 9.59 Å². The Morgan fingerprint density at radius 2 is 2.24 bits per heavy atom. The van der Waals surface area contributed by atoms with E-state index in [2.05, 4.69) is 4.98 Å². The standard InChI is InChI=1S/C12H14N2O3/c1-8(15)9-4-5-11(13-7-9)14-6-2-3-10(14)12(16)17/h4-5,7,10H,2-3,6H2,1H3,(H,16,17). The van der Waals surface area contributed by atoms with Crippen molar-refractivity contribution in [3.8, 4) is 0 Å². The lowest BCUT2D eigenvalue weighted by Gasteiger charge is -2.22. The van der Waals surface area contributed by atoms with E-state index >= 15 is 0 Å². The molecule has 1 aromatic heterocycles. The number of carboxylic acids is 1. The van der Waals surface area contributed by atoms with Gasteiger partial charge in [-0.3, -0.25) is 4.79 Å². The Balaban J connectivity index is 2.22. The van der Waals surface area contributed by atoms with Crippen molar-refractivity contribution in [1.29, 1.82) is 0 Å². The second-order valence-corrected chi connectivity index (χ2v) is 4.15. The number of ketones is 1. The lowest BCUT2D eigenvalue weighted by atomic mass is 10.2. The molecule has 1 unspecified atom stereocenters. The fourth-order valence-electron chi connectivity index (χ4n) is 2.06. The van der Waals surface area contributed by atoms with Crippen molar-refractivity contribution in [3.05, 3.63) is 23.9 Å². The minimum atomic E-state index is -0.819. The molecule has 0 aliphatic carbocycles. The van der Waals surface area contributed by atoms with Crippen LogP contribution < -0.4 is 4.90 Å². The summed E-state index contributed by atoms with van der Waals surface area (Å²) in [5.41, 5.74) is 0.542. The Hall–Kier alpha value is -1.91. The number of Topliss-reactive ketones (excluding diaryl/α,β-unsaturated/α-hetero) is 1. The van der Waals surface area contributed by atoms with Crippen molar-refractivity contribution in [2.75, 3.05) is 11.4 Å². The highest BCUT2D eigenvalue weighted by Gasteiger charge is 2.31. The van der Waals surface area contributed by atoms with Gasteiger partial charge in [-0.2, -0.15) is 0 Å². The number of nitrogens with zero attached hydrogens (tertiary/aromatic N) is 2. The van der Waals surface area contributed by atoms with Crippen LogP contribution in [0, 0.1) is 0 Å². The van der Waals surface area contributed by atoms with Crippen LogP contribution in [-0.2, 0) is 4.79 Å². The number of rotatable bonds is 3. The van der Waals surface area contributed by atoms with Crippen molar-refractivity contribution in [2.24, 2.45) is 0 Å². The fraction of sp³-hybridized carbons (Fsp3) is 0.417. The summed E-state index contributed by atoms with van der Waals surface area (Å²) in [6, 6.07) is 2.89. The molecule has 90 valence electrons. The third-order valence-electron chi connectivity index (χ3n) is 2.99. The van der Waals surface area contributed by atoms with Crippen LogP contribution in [0.2, 0.25) is 0 Å². The van der Waals surface area contributed by atoms with Gasteiger partial charge in [0.2, 0.25) is 0 Å². The molecule has 1 saturated heterocycles. The molecule has 1 aliphatic heterocycles. The molecule has 2 rings (SSSR count). The predicted octanol–water partition coefficient (Wildman–Crippen LogP) is 1.34. The summed E-state index contributed by atoms with van der Waals surface area (Å²) >= 11 is 0. The number of carbonyl (C=O) groups excluding carboxylic acids is 1. The maximum absolute atomic E-state index is 11.1. The van der Waals surface area contributed by atoms with E-state index in [1.165, 1.54) is 13.1 Å². The fourth-order valence-corrected chi connectivity index (χ4v) is 2.06. The van der Waals surface area contributed by atoms with Gasteiger partial charge < -0.3 is 10.0 Å². The Labute approximate surface area is 99.1 Å². The van der Waals surface area contributed by atoms with Crippen LogP contribution in [0.25, 0.3) is 0 Å².